The Bertz CT molecular complexity index is 447. The van der Waals surface area contributed by atoms with Gasteiger partial charge in [-0.3, -0.25) is 4.79 Å². The minimum atomic E-state index is 0.617. The smallest absolute Gasteiger partial charge is 0.225 e. The molecule has 2 aromatic heterocycles. The second-order valence-electron chi connectivity index (χ2n) is 2.55. The fourth-order valence-electron chi connectivity index (χ4n) is 1.02. The summed E-state index contributed by atoms with van der Waals surface area (Å²) in [7, 11) is 1.59. The highest BCUT2D eigenvalue weighted by molar-refractivity contribution is 7.21. The fourth-order valence-corrected chi connectivity index (χ4v) is 2.62. The summed E-state index contributed by atoms with van der Waals surface area (Å²) in [4.78, 5) is 13.3. The molecule has 72 valence electrons. The number of hydrogen-bond donors (Lipinski definition) is 0. The third-order valence-electron chi connectivity index (χ3n) is 1.68. The number of hydrogen-bond acceptors (Lipinski definition) is 5. The SMILES string of the molecule is COc1cc(-c2ccc(C=O)s2)sn1. The lowest BCUT2D eigenvalue weighted by Gasteiger charge is -1.87. The predicted octanol–water partition coefficient (Wildman–Crippen LogP) is 2.69. The molecule has 2 rings (SSSR count). The molecular formula is C9H7NO2S2. The van der Waals surface area contributed by atoms with Crippen molar-refractivity contribution in [3.8, 4) is 15.6 Å². The van der Waals surface area contributed by atoms with E-state index in [1.807, 2.05) is 12.1 Å². The molecular weight excluding hydrogens is 218 g/mol. The van der Waals surface area contributed by atoms with E-state index in [4.69, 9.17) is 4.74 Å². The predicted molar refractivity (Wildman–Crippen MR) is 57.4 cm³/mol. The van der Waals surface area contributed by atoms with Crippen LogP contribution in [0.1, 0.15) is 9.67 Å². The lowest BCUT2D eigenvalue weighted by atomic mass is 10.4. The normalized spacial score (nSPS) is 10.1. The highest BCUT2D eigenvalue weighted by Gasteiger charge is 2.06. The monoisotopic (exact) mass is 225 g/mol. The van der Waals surface area contributed by atoms with Gasteiger partial charge in [0.1, 0.15) is 0 Å². The van der Waals surface area contributed by atoms with Gasteiger partial charge in [-0.25, -0.2) is 0 Å². The number of aldehydes is 1. The number of carbonyl (C=O) groups is 1. The topological polar surface area (TPSA) is 39.2 Å². The van der Waals surface area contributed by atoms with Crippen LogP contribution in [0.5, 0.6) is 5.88 Å². The molecule has 0 aliphatic carbocycles. The van der Waals surface area contributed by atoms with Crippen molar-refractivity contribution in [2.45, 2.75) is 0 Å². The van der Waals surface area contributed by atoms with Gasteiger partial charge in [0.25, 0.3) is 0 Å². The molecule has 0 aliphatic rings. The number of ether oxygens (including phenoxy) is 1. The van der Waals surface area contributed by atoms with Gasteiger partial charge >= 0.3 is 0 Å². The molecule has 3 nitrogen and oxygen atoms in total. The second-order valence-corrected chi connectivity index (χ2v) is 4.47. The van der Waals surface area contributed by atoms with E-state index in [2.05, 4.69) is 4.37 Å². The summed E-state index contributed by atoms with van der Waals surface area (Å²) in [5.41, 5.74) is 0. The van der Waals surface area contributed by atoms with Crippen LogP contribution in [0.25, 0.3) is 9.75 Å². The van der Waals surface area contributed by atoms with Crippen LogP contribution >= 0.6 is 22.9 Å². The molecule has 0 aromatic carbocycles. The Morgan fingerprint density at radius 1 is 1.43 bits per heavy atom. The van der Waals surface area contributed by atoms with Gasteiger partial charge in [0.05, 0.1) is 16.9 Å². The maximum absolute atomic E-state index is 10.5. The average Bonchev–Trinajstić information content (AvgIpc) is 2.86. The van der Waals surface area contributed by atoms with Crippen molar-refractivity contribution in [3.63, 3.8) is 0 Å². The van der Waals surface area contributed by atoms with E-state index < -0.39 is 0 Å². The summed E-state index contributed by atoms with van der Waals surface area (Å²) in [6, 6.07) is 5.59. The zero-order chi connectivity index (χ0) is 9.97. The molecule has 0 amide bonds. The van der Waals surface area contributed by atoms with Gasteiger partial charge in [-0.1, -0.05) is 0 Å². The molecule has 2 heterocycles. The van der Waals surface area contributed by atoms with E-state index in [1.165, 1.54) is 22.9 Å². The maximum Gasteiger partial charge on any atom is 0.225 e. The third kappa shape index (κ3) is 1.69. The molecule has 0 aliphatic heterocycles. The molecule has 0 atom stereocenters. The summed E-state index contributed by atoms with van der Waals surface area (Å²) in [6.45, 7) is 0. The quantitative estimate of drug-likeness (QED) is 0.754. The van der Waals surface area contributed by atoms with Gasteiger partial charge in [-0.15, -0.1) is 11.3 Å². The van der Waals surface area contributed by atoms with Gasteiger partial charge in [-0.2, -0.15) is 4.37 Å². The van der Waals surface area contributed by atoms with E-state index in [1.54, 1.807) is 13.2 Å². The van der Waals surface area contributed by atoms with E-state index in [0.29, 0.717) is 5.88 Å². The van der Waals surface area contributed by atoms with Crippen LogP contribution in [-0.2, 0) is 0 Å². The van der Waals surface area contributed by atoms with Gasteiger partial charge in [-0.05, 0) is 23.7 Å². The minimum absolute atomic E-state index is 0.617. The number of thiophene rings is 1. The molecule has 0 fully saturated rings. The van der Waals surface area contributed by atoms with Crippen molar-refractivity contribution in [1.29, 1.82) is 0 Å². The fraction of sp³-hybridized carbons (Fsp3) is 0.111. The van der Waals surface area contributed by atoms with Crippen LogP contribution in [0.3, 0.4) is 0 Å². The summed E-state index contributed by atoms with van der Waals surface area (Å²) < 4.78 is 9.07. The van der Waals surface area contributed by atoms with E-state index >= 15 is 0 Å². The number of nitrogens with zero attached hydrogens (tertiary/aromatic N) is 1. The Labute approximate surface area is 89.1 Å². The molecule has 14 heavy (non-hydrogen) atoms. The molecule has 0 saturated carbocycles. The lowest BCUT2D eigenvalue weighted by molar-refractivity contribution is 0.112. The first-order chi connectivity index (χ1) is 6.83. The Morgan fingerprint density at radius 2 is 2.29 bits per heavy atom. The van der Waals surface area contributed by atoms with Crippen LogP contribution in [0.15, 0.2) is 18.2 Å². The largest absolute Gasteiger partial charge is 0.480 e. The molecule has 0 N–H and O–H groups in total. The molecule has 5 heteroatoms. The van der Waals surface area contributed by atoms with Crippen LogP contribution in [0, 0.1) is 0 Å². The zero-order valence-electron chi connectivity index (χ0n) is 7.39. The Morgan fingerprint density at radius 3 is 2.86 bits per heavy atom. The van der Waals surface area contributed by atoms with Crippen LogP contribution < -0.4 is 4.74 Å². The minimum Gasteiger partial charge on any atom is -0.480 e. The van der Waals surface area contributed by atoms with Crippen molar-refractivity contribution in [3.05, 3.63) is 23.1 Å². The molecule has 0 unspecified atom stereocenters. The van der Waals surface area contributed by atoms with Gasteiger partial charge in [0.15, 0.2) is 6.29 Å². The maximum atomic E-state index is 10.5. The van der Waals surface area contributed by atoms with Crippen molar-refractivity contribution in [1.82, 2.24) is 4.37 Å². The lowest BCUT2D eigenvalue weighted by Crippen LogP contribution is -1.78. The Balaban J connectivity index is 2.33. The molecule has 0 spiro atoms. The van der Waals surface area contributed by atoms with Crippen LogP contribution in [0.4, 0.5) is 0 Å². The number of rotatable bonds is 3. The van der Waals surface area contributed by atoms with E-state index in [9.17, 15) is 4.79 Å². The Kier molecular flexibility index (Phi) is 2.60. The summed E-state index contributed by atoms with van der Waals surface area (Å²) in [5, 5.41) is 0. The highest BCUT2D eigenvalue weighted by atomic mass is 32.1. The molecule has 0 saturated heterocycles. The van der Waals surface area contributed by atoms with Crippen LogP contribution in [0.2, 0.25) is 0 Å². The zero-order valence-corrected chi connectivity index (χ0v) is 9.02. The summed E-state index contributed by atoms with van der Waals surface area (Å²) in [6.07, 6.45) is 0.854. The molecule has 0 bridgehead atoms. The van der Waals surface area contributed by atoms with E-state index in [-0.39, 0.29) is 0 Å². The van der Waals surface area contributed by atoms with Crippen molar-refractivity contribution < 1.29 is 9.53 Å². The van der Waals surface area contributed by atoms with Crippen molar-refractivity contribution in [2.75, 3.05) is 7.11 Å². The van der Waals surface area contributed by atoms with Gasteiger partial charge in [0, 0.05) is 10.9 Å². The second kappa shape index (κ2) is 3.89. The average molecular weight is 225 g/mol. The molecule has 0 radical (unpaired) electrons. The van der Waals surface area contributed by atoms with Gasteiger partial charge < -0.3 is 4.74 Å². The Hall–Kier alpha value is -1.20. The molecule has 2 aromatic rings. The number of carbonyl (C=O) groups excluding carboxylic acids is 1. The first-order valence-electron chi connectivity index (χ1n) is 3.89. The third-order valence-corrected chi connectivity index (χ3v) is 3.66. The van der Waals surface area contributed by atoms with Crippen molar-refractivity contribution in [2.24, 2.45) is 0 Å². The number of aromatic nitrogens is 1. The van der Waals surface area contributed by atoms with E-state index in [0.717, 1.165) is 20.9 Å². The van der Waals surface area contributed by atoms with Crippen molar-refractivity contribution >= 4 is 29.2 Å². The van der Waals surface area contributed by atoms with Crippen LogP contribution in [-0.4, -0.2) is 17.8 Å². The standard InChI is InChI=1S/C9H7NO2S2/c1-12-9-4-8(14-10-9)7-3-2-6(5-11)13-7/h2-5H,1H3. The van der Waals surface area contributed by atoms with Gasteiger partial charge in [0.2, 0.25) is 5.88 Å². The highest BCUT2D eigenvalue weighted by Crippen LogP contribution is 2.32. The summed E-state index contributed by atoms with van der Waals surface area (Å²) in [5.74, 6) is 0.617. The first-order valence-corrected chi connectivity index (χ1v) is 5.48. The first kappa shape index (κ1) is 9.36. The summed E-state index contributed by atoms with van der Waals surface area (Å²) >= 11 is 2.83. The number of methoxy groups -OCH3 is 1.